The lowest BCUT2D eigenvalue weighted by atomic mass is 9.89. The predicted octanol–water partition coefficient (Wildman–Crippen LogP) is 4.59. The van der Waals surface area contributed by atoms with Crippen molar-refractivity contribution in [2.45, 2.75) is 16.9 Å². The number of hydrogen-bond acceptors (Lipinski definition) is 4. The Morgan fingerprint density at radius 2 is 1.68 bits per heavy atom. The Labute approximate surface area is 205 Å². The minimum absolute atomic E-state index is 0.0730. The summed E-state index contributed by atoms with van der Waals surface area (Å²) < 4.78 is 34.9. The Hall–Kier alpha value is -3.07. The molecular formula is C25H27ClN4O3S. The molecule has 0 radical (unpaired) electrons. The van der Waals surface area contributed by atoms with Crippen LogP contribution in [0.4, 0.5) is 0 Å². The van der Waals surface area contributed by atoms with Crippen LogP contribution < -0.4 is 4.74 Å². The lowest BCUT2D eigenvalue weighted by molar-refractivity contribution is 0.159. The van der Waals surface area contributed by atoms with Gasteiger partial charge in [0.05, 0.1) is 18.0 Å². The van der Waals surface area contributed by atoms with Crippen LogP contribution in [0, 0.1) is 5.41 Å². The summed E-state index contributed by atoms with van der Waals surface area (Å²) in [6, 6.07) is 22.8. The topological polar surface area (TPSA) is 76.9 Å². The molecule has 1 aliphatic heterocycles. The van der Waals surface area contributed by atoms with Gasteiger partial charge in [0.15, 0.2) is 0 Å². The lowest BCUT2D eigenvalue weighted by Crippen LogP contribution is -2.49. The third kappa shape index (κ3) is 4.49. The highest BCUT2D eigenvalue weighted by molar-refractivity contribution is 7.89. The molecule has 1 aliphatic rings. The van der Waals surface area contributed by atoms with Crippen LogP contribution in [0.3, 0.4) is 0 Å². The summed E-state index contributed by atoms with van der Waals surface area (Å²) in [5, 5.41) is 10.8. The SMILES string of the molecule is COc1cccc(S(=O)(=O)N2C(c3ccc(Cl)cc3)C(c3ccccc3)CN2C(=N)N(C)C)c1. The van der Waals surface area contributed by atoms with Gasteiger partial charge in [0, 0.05) is 37.6 Å². The summed E-state index contributed by atoms with van der Waals surface area (Å²) in [7, 11) is 0.885. The molecule has 2 atom stereocenters. The number of halogens is 1. The maximum Gasteiger partial charge on any atom is 0.260 e. The van der Waals surface area contributed by atoms with Crippen molar-refractivity contribution >= 4 is 27.6 Å². The van der Waals surface area contributed by atoms with E-state index in [4.69, 9.17) is 21.7 Å². The second kappa shape index (κ2) is 9.66. The number of nitrogens with one attached hydrogen (secondary N) is 1. The molecule has 0 bridgehead atoms. The van der Waals surface area contributed by atoms with Gasteiger partial charge in [-0.3, -0.25) is 10.4 Å². The smallest absolute Gasteiger partial charge is 0.260 e. The number of methoxy groups -OCH3 is 1. The van der Waals surface area contributed by atoms with Crippen LogP contribution in [0.15, 0.2) is 83.8 Å². The highest BCUT2D eigenvalue weighted by atomic mass is 35.5. The monoisotopic (exact) mass is 498 g/mol. The molecule has 178 valence electrons. The van der Waals surface area contributed by atoms with Gasteiger partial charge < -0.3 is 9.64 Å². The number of hydrazine groups is 1. The first-order valence-corrected chi connectivity index (χ1v) is 12.6. The maximum atomic E-state index is 14.2. The zero-order chi connectivity index (χ0) is 24.5. The third-order valence-electron chi connectivity index (χ3n) is 5.92. The molecule has 0 spiro atoms. The number of sulfonamides is 1. The van der Waals surface area contributed by atoms with Crippen molar-refractivity contribution in [2.24, 2.45) is 0 Å². The first kappa shape index (κ1) is 24.1. The highest BCUT2D eigenvalue weighted by Gasteiger charge is 2.49. The van der Waals surface area contributed by atoms with Crippen LogP contribution in [0.5, 0.6) is 5.75 Å². The van der Waals surface area contributed by atoms with E-state index in [0.717, 1.165) is 11.1 Å². The van der Waals surface area contributed by atoms with Crippen molar-refractivity contribution in [1.29, 1.82) is 5.41 Å². The van der Waals surface area contributed by atoms with Gasteiger partial charge in [-0.2, -0.15) is 0 Å². The van der Waals surface area contributed by atoms with Crippen molar-refractivity contribution in [2.75, 3.05) is 27.7 Å². The van der Waals surface area contributed by atoms with Gasteiger partial charge in [0.25, 0.3) is 10.0 Å². The van der Waals surface area contributed by atoms with Crippen LogP contribution in [-0.4, -0.2) is 56.5 Å². The minimum Gasteiger partial charge on any atom is -0.497 e. The highest BCUT2D eigenvalue weighted by Crippen LogP contribution is 2.46. The van der Waals surface area contributed by atoms with Crippen molar-refractivity contribution in [3.05, 3.63) is 95.0 Å². The Morgan fingerprint density at radius 3 is 2.29 bits per heavy atom. The second-order valence-corrected chi connectivity index (χ2v) is 10.5. The maximum absolute atomic E-state index is 14.2. The largest absolute Gasteiger partial charge is 0.497 e. The van der Waals surface area contributed by atoms with Crippen LogP contribution in [0.25, 0.3) is 0 Å². The fourth-order valence-electron chi connectivity index (χ4n) is 4.24. The van der Waals surface area contributed by atoms with Crippen molar-refractivity contribution < 1.29 is 13.2 Å². The molecule has 0 aromatic heterocycles. The number of rotatable bonds is 5. The van der Waals surface area contributed by atoms with Crippen LogP contribution in [0.1, 0.15) is 23.1 Å². The van der Waals surface area contributed by atoms with E-state index in [1.165, 1.54) is 22.6 Å². The molecule has 2 unspecified atom stereocenters. The molecular weight excluding hydrogens is 472 g/mol. The number of nitrogens with zero attached hydrogens (tertiary/aromatic N) is 3. The molecule has 3 aromatic carbocycles. The van der Waals surface area contributed by atoms with Crippen LogP contribution in [0.2, 0.25) is 5.02 Å². The second-order valence-electron chi connectivity index (χ2n) is 8.27. The normalized spacial score (nSPS) is 18.6. The number of hydrogen-bond donors (Lipinski definition) is 1. The van der Waals surface area contributed by atoms with Gasteiger partial charge in [-0.05, 0) is 35.4 Å². The fraction of sp³-hybridized carbons (Fsp3) is 0.240. The van der Waals surface area contributed by atoms with E-state index >= 15 is 0 Å². The molecule has 1 N–H and O–H groups in total. The van der Waals surface area contributed by atoms with E-state index in [1.807, 2.05) is 42.5 Å². The molecule has 1 heterocycles. The van der Waals surface area contributed by atoms with Gasteiger partial charge in [0.2, 0.25) is 5.96 Å². The molecule has 34 heavy (non-hydrogen) atoms. The molecule has 0 amide bonds. The summed E-state index contributed by atoms with van der Waals surface area (Å²) in [4.78, 5) is 1.69. The summed E-state index contributed by atoms with van der Waals surface area (Å²) in [5.41, 5.74) is 1.78. The summed E-state index contributed by atoms with van der Waals surface area (Å²) in [6.45, 7) is 0.317. The molecule has 4 rings (SSSR count). The zero-order valence-corrected chi connectivity index (χ0v) is 20.8. The first-order valence-electron chi connectivity index (χ1n) is 10.8. The molecule has 3 aromatic rings. The van der Waals surface area contributed by atoms with Crippen molar-refractivity contribution in [1.82, 2.24) is 14.3 Å². The summed E-state index contributed by atoms with van der Waals surface area (Å²) in [6.07, 6.45) is 0. The van der Waals surface area contributed by atoms with Gasteiger partial charge in [-0.25, -0.2) is 8.42 Å². The Bertz CT molecular complexity index is 1270. The molecule has 9 heteroatoms. The van der Waals surface area contributed by atoms with Gasteiger partial charge in [-0.15, -0.1) is 0 Å². The number of benzene rings is 3. The Kier molecular flexibility index (Phi) is 6.84. The van der Waals surface area contributed by atoms with Crippen molar-refractivity contribution in [3.8, 4) is 5.75 Å². The van der Waals surface area contributed by atoms with Crippen molar-refractivity contribution in [3.63, 3.8) is 0 Å². The molecule has 0 aliphatic carbocycles. The van der Waals surface area contributed by atoms with E-state index in [-0.39, 0.29) is 16.8 Å². The standard InChI is InChI=1S/C25H27ClN4O3S/c1-28(2)25(27)29-17-23(18-8-5-4-6-9-18)24(19-12-14-20(26)15-13-19)30(29)34(31,32)22-11-7-10-21(16-22)33-3/h4-16,23-24,27H,17H2,1-3H3. The van der Waals surface area contributed by atoms with Crippen LogP contribution >= 0.6 is 11.6 Å². The van der Waals surface area contributed by atoms with E-state index in [9.17, 15) is 8.42 Å². The van der Waals surface area contributed by atoms with Gasteiger partial charge in [0.1, 0.15) is 5.75 Å². The fourth-order valence-corrected chi connectivity index (χ4v) is 6.07. The summed E-state index contributed by atoms with van der Waals surface area (Å²) in [5.74, 6) is 0.295. The van der Waals surface area contributed by atoms with Crippen LogP contribution in [-0.2, 0) is 10.0 Å². The van der Waals surface area contributed by atoms with Gasteiger partial charge >= 0.3 is 0 Å². The van der Waals surface area contributed by atoms with E-state index in [2.05, 4.69) is 0 Å². The van der Waals surface area contributed by atoms with Gasteiger partial charge in [-0.1, -0.05) is 64.5 Å². The summed E-state index contributed by atoms with van der Waals surface area (Å²) >= 11 is 6.15. The quantitative estimate of drug-likeness (QED) is 0.411. The Morgan fingerprint density at radius 1 is 1.00 bits per heavy atom. The third-order valence-corrected chi connectivity index (χ3v) is 7.94. The van der Waals surface area contributed by atoms with E-state index < -0.39 is 16.1 Å². The lowest BCUT2D eigenvalue weighted by Gasteiger charge is -2.35. The number of guanidine groups is 1. The molecule has 0 saturated carbocycles. The van der Waals surface area contributed by atoms with E-state index in [1.54, 1.807) is 49.3 Å². The molecule has 1 fully saturated rings. The number of ether oxygens (including phenoxy) is 1. The predicted molar refractivity (Wildman–Crippen MR) is 134 cm³/mol. The first-order chi connectivity index (χ1) is 16.2. The average Bonchev–Trinajstić information content (AvgIpc) is 3.26. The zero-order valence-electron chi connectivity index (χ0n) is 19.2. The van der Waals surface area contributed by atoms with E-state index in [0.29, 0.717) is 17.3 Å². The molecule has 1 saturated heterocycles. The molecule has 7 nitrogen and oxygen atoms in total. The minimum atomic E-state index is -4.07. The Balaban J connectivity index is 1.93. The average molecular weight is 499 g/mol.